The fourth-order valence-corrected chi connectivity index (χ4v) is 19.0. The molecule has 11 aromatic carbocycles. The normalized spacial score (nSPS) is 16.9. The number of benzene rings is 11. The van der Waals surface area contributed by atoms with Crippen LogP contribution in [0.4, 0.5) is 0 Å². The largest absolute Gasteiger partial charge is 0.510 e. The molecule has 0 fully saturated rings. The van der Waals surface area contributed by atoms with Crippen LogP contribution >= 0.6 is 0 Å². The topological polar surface area (TPSA) is 35.9 Å². The van der Waals surface area contributed by atoms with Crippen molar-refractivity contribution in [2.24, 2.45) is 0 Å². The van der Waals surface area contributed by atoms with Gasteiger partial charge in [-0.3, -0.25) is 4.57 Å². The van der Waals surface area contributed by atoms with Crippen molar-refractivity contribution < 1.29 is 71.5 Å². The first-order chi connectivity index (χ1) is 53.2. The van der Waals surface area contributed by atoms with Crippen LogP contribution in [0.1, 0.15) is 67.5 Å². The van der Waals surface area contributed by atoms with E-state index in [1.54, 1.807) is 30.5 Å². The summed E-state index contributed by atoms with van der Waals surface area (Å²) < 4.78 is 302. The molecule has 408 valence electrons. The van der Waals surface area contributed by atoms with E-state index in [0.717, 1.165) is 44.6 Å². The monoisotopic (exact) mass is 1320 g/mol. The molecule has 0 N–H and O–H groups in total. The molecule has 0 amide bonds. The van der Waals surface area contributed by atoms with Gasteiger partial charge in [-0.15, -0.1) is 29.7 Å². The zero-order valence-electron chi connectivity index (χ0n) is 74.5. The van der Waals surface area contributed by atoms with E-state index in [-0.39, 0.29) is 54.7 Å². The van der Waals surface area contributed by atoms with Crippen molar-refractivity contribution >= 4 is 90.5 Å². The molecule has 84 heavy (non-hydrogen) atoms. The standard InChI is InChI=1S/C76H58N4OSi2.Pt/c1-76(2,3)56-50-51-77-74(52-56)80-68-43-23-22-42-66(68)67-49-48-59(54-71(67)80)81-58-29-26-28-57(53-58)78-55-79(70-45-25-24-44-69(70)78)75-72(82(60-30-10-4-11-31-60,61-32-12-5-13-33-61)62-34-14-6-15-35-62)46-27-47-73(75)83(63-36-16-7-17-37-63,64-38-18-8-19-39-64)65-40-20-9-21-41-65;/h4-52H,1-3H3;/q-2;/i4D,5D,6D,7D,8D,9D,10D,11D,12D,13D,14D,15D,16D,17D,18D,19D,20D,21D,30D,31D,32D,33D,34D,35D,36D,37D,38D,39D,40D,41D;. The Balaban J connectivity index is 0.0000113. The Morgan fingerprint density at radius 1 is 0.476 bits per heavy atom. The first kappa shape index (κ1) is 29.8. The molecule has 8 heteroatoms. The number of fused-ring (bicyclic) bond motifs is 4. The second kappa shape index (κ2) is 22.5. The van der Waals surface area contributed by atoms with Crippen molar-refractivity contribution in [2.75, 3.05) is 0 Å². The van der Waals surface area contributed by atoms with Crippen molar-refractivity contribution in [1.29, 1.82) is 0 Å². The van der Waals surface area contributed by atoms with E-state index in [0.29, 0.717) is 11.3 Å². The van der Waals surface area contributed by atoms with Crippen LogP contribution < -0.4 is 50.8 Å². The summed E-state index contributed by atoms with van der Waals surface area (Å²) in [5.74, 6) is 0.765. The summed E-state index contributed by atoms with van der Waals surface area (Å²) >= 11 is 0. The Hall–Kier alpha value is -9.24. The van der Waals surface area contributed by atoms with Crippen LogP contribution in [-0.2, 0) is 26.5 Å². The van der Waals surface area contributed by atoms with Gasteiger partial charge in [0.2, 0.25) is 0 Å². The van der Waals surface area contributed by atoms with E-state index >= 15 is 0 Å². The summed E-state index contributed by atoms with van der Waals surface area (Å²) in [6, 6.07) is -0.589. The molecule has 0 aliphatic heterocycles. The molecule has 0 spiro atoms. The number of ether oxygens (including phenoxy) is 1. The Bertz CT molecular complexity index is 5780. The van der Waals surface area contributed by atoms with Crippen molar-refractivity contribution in [1.82, 2.24) is 14.1 Å². The summed E-state index contributed by atoms with van der Waals surface area (Å²) in [7, 11) is -13.3. The first-order valence-electron chi connectivity index (χ1n) is 40.9. The Labute approximate surface area is 549 Å². The molecule has 0 radical (unpaired) electrons. The average molecular weight is 1320 g/mol. The molecule has 0 saturated heterocycles. The zero-order chi connectivity index (χ0) is 82.1. The van der Waals surface area contributed by atoms with Gasteiger partial charge in [0.05, 0.1) is 57.8 Å². The second-order valence-corrected chi connectivity index (χ2v) is 27.1. The van der Waals surface area contributed by atoms with Gasteiger partial charge in [0, 0.05) is 44.3 Å². The van der Waals surface area contributed by atoms with E-state index in [1.807, 2.05) is 47.0 Å². The molecule has 0 saturated carbocycles. The van der Waals surface area contributed by atoms with Crippen molar-refractivity contribution in [3.05, 3.63) is 321 Å². The Kier molecular flexibility index (Phi) is 7.99. The maximum atomic E-state index is 10.2. The smallest absolute Gasteiger partial charge is 0.268 e. The minimum atomic E-state index is -6.67. The van der Waals surface area contributed by atoms with Gasteiger partial charge in [-0.2, -0.15) is 18.2 Å². The van der Waals surface area contributed by atoms with Gasteiger partial charge in [-0.25, -0.2) is 4.98 Å². The molecule has 0 atom stereocenters. The number of nitrogens with zero attached hydrogens (tertiary/aromatic N) is 4. The number of rotatable bonds is 13. The van der Waals surface area contributed by atoms with Crippen molar-refractivity contribution in [3.63, 3.8) is 0 Å². The van der Waals surface area contributed by atoms with Crippen LogP contribution in [-0.4, -0.2) is 30.3 Å². The van der Waals surface area contributed by atoms with Crippen molar-refractivity contribution in [3.8, 4) is 28.7 Å². The molecule has 0 aliphatic rings. The van der Waals surface area contributed by atoms with Crippen LogP contribution in [0.15, 0.2) is 297 Å². The quantitative estimate of drug-likeness (QED) is 0.0499. The molecule has 0 aliphatic carbocycles. The third kappa shape index (κ3) is 9.20. The van der Waals surface area contributed by atoms with Crippen LogP contribution in [0.3, 0.4) is 0 Å². The summed E-state index contributed by atoms with van der Waals surface area (Å²) in [5, 5.41) is -6.48. The Morgan fingerprint density at radius 3 is 1.45 bits per heavy atom. The summed E-state index contributed by atoms with van der Waals surface area (Å²) in [4.78, 5) is 4.80. The van der Waals surface area contributed by atoms with Crippen LogP contribution in [0.5, 0.6) is 11.5 Å². The van der Waals surface area contributed by atoms with Gasteiger partial charge in [0.1, 0.15) is 5.82 Å². The average Bonchev–Trinajstić information content (AvgIpc) is 0.765. The van der Waals surface area contributed by atoms with Crippen LogP contribution in [0.2, 0.25) is 0 Å². The van der Waals surface area contributed by atoms with Gasteiger partial charge in [0.15, 0.2) is 16.1 Å². The molecular formula is C76H58N4OPtSi2-2. The molecule has 3 aromatic heterocycles. The molecule has 0 unspecified atom stereocenters. The molecule has 0 bridgehead atoms. The number of imidazole rings is 1. The molecular weight excluding hydrogens is 1240 g/mol. The van der Waals surface area contributed by atoms with E-state index in [4.69, 9.17) is 17.9 Å². The first-order valence-corrected chi connectivity index (χ1v) is 29.9. The number of hydrogen-bond donors (Lipinski definition) is 0. The van der Waals surface area contributed by atoms with Gasteiger partial charge >= 0.3 is 0 Å². The minimum absolute atomic E-state index is 0. The fourth-order valence-electron chi connectivity index (χ4n) is 10.9. The molecule has 14 rings (SSSR count). The van der Waals surface area contributed by atoms with E-state index < -0.39 is 245 Å². The van der Waals surface area contributed by atoms with E-state index in [9.17, 15) is 32.9 Å². The maximum Gasteiger partial charge on any atom is 0.268 e. The third-order valence-electron chi connectivity index (χ3n) is 14.5. The van der Waals surface area contributed by atoms with E-state index in [2.05, 4.69) is 39.2 Å². The van der Waals surface area contributed by atoms with Gasteiger partial charge in [0.25, 0.3) is 6.33 Å². The van der Waals surface area contributed by atoms with Gasteiger partial charge in [-0.1, -0.05) is 268 Å². The number of hydrogen-bond acceptors (Lipinski definition) is 2. The third-order valence-corrected chi connectivity index (χ3v) is 22.9. The van der Waals surface area contributed by atoms with Crippen LogP contribution in [0, 0.1) is 18.5 Å². The predicted molar refractivity (Wildman–Crippen MR) is 346 cm³/mol. The van der Waals surface area contributed by atoms with Gasteiger partial charge in [-0.05, 0) is 81.7 Å². The van der Waals surface area contributed by atoms with Gasteiger partial charge < -0.3 is 13.9 Å². The molecule has 14 aromatic rings. The summed E-state index contributed by atoms with van der Waals surface area (Å²) in [6.45, 7) is 6.24. The van der Waals surface area contributed by atoms with Crippen molar-refractivity contribution in [2.45, 2.75) is 26.2 Å². The second-order valence-electron chi connectivity index (χ2n) is 20.1. The van der Waals surface area contributed by atoms with E-state index in [1.165, 1.54) is 28.8 Å². The number of para-hydroxylation sites is 4. The number of pyridine rings is 1. The predicted octanol–water partition coefficient (Wildman–Crippen LogP) is 11.6. The van der Waals surface area contributed by atoms with Crippen LogP contribution in [0.25, 0.3) is 50.0 Å². The minimum Gasteiger partial charge on any atom is -0.510 e. The molecule has 5 nitrogen and oxygen atoms in total. The molecule has 3 heterocycles. The number of aromatic nitrogens is 4. The maximum absolute atomic E-state index is 10.2. The Morgan fingerprint density at radius 2 is 0.940 bits per heavy atom. The SMILES string of the molecule is [2H]c1c([2H])c([2H])c([Si](c2cccc([Si](c3c([2H])c([2H])c([2H])c([2H])c3[2H])(c3c([2H])c([2H])c([2H])c([2H])c3[2H])c3c([2H])c([2H])c([2H])c([2H])c3[2H])c2-[n+]2[c-]n(-c3[c-]c(Oc4[c-]c5c(cc4)c4ccccc4n5-c4cc(C(C)(C)C)ccn4)ccc3)c3ccccc32)(c2c([2H])c([2H])c([2H])c([2H])c2[2H])c2c([2H])c([2H])c([2H])c([2H])c2[2H])c([2H])c1[2H].[Pt]. The zero-order valence-corrected chi connectivity index (χ0v) is 48.8. The summed E-state index contributed by atoms with van der Waals surface area (Å²) in [6.07, 6.45) is 5.00. The summed E-state index contributed by atoms with van der Waals surface area (Å²) in [5.41, 5.74) is 1.22. The fraction of sp³-hybridized carbons (Fsp3) is 0.0526.